The molecule has 10 rings (SSSR count). The fraction of sp³-hybridized carbons (Fsp3) is 0.184. The first kappa shape index (κ1) is 33.8. The molecule has 0 heterocycles. The summed E-state index contributed by atoms with van der Waals surface area (Å²) in [4.78, 5) is 26.2. The molecule has 0 saturated heterocycles. The molecule has 0 aliphatic heterocycles. The Hall–Kier alpha value is -6.04. The molecule has 0 aromatic heterocycles. The van der Waals surface area contributed by atoms with E-state index in [1.807, 2.05) is 60.7 Å². The fourth-order valence-electron chi connectivity index (χ4n) is 9.34. The molecule has 3 unspecified atom stereocenters. The number of carbonyl (C=O) groups excluding carboxylic acids is 2. The van der Waals surface area contributed by atoms with Gasteiger partial charge in [0.05, 0.1) is 11.3 Å². The van der Waals surface area contributed by atoms with Gasteiger partial charge < -0.3 is 14.6 Å². The van der Waals surface area contributed by atoms with E-state index in [9.17, 15) is 14.7 Å². The fourth-order valence-corrected chi connectivity index (χ4v) is 9.34. The van der Waals surface area contributed by atoms with E-state index in [0.29, 0.717) is 17.9 Å². The van der Waals surface area contributed by atoms with Crippen molar-refractivity contribution in [2.45, 2.75) is 49.5 Å². The maximum absolute atomic E-state index is 14.3. The smallest absolute Gasteiger partial charge is 0.335 e. The molecule has 54 heavy (non-hydrogen) atoms. The Bertz CT molecular complexity index is 2440. The van der Waals surface area contributed by atoms with Gasteiger partial charge in [-0.15, -0.1) is 0 Å². The Balaban J connectivity index is 1.09. The van der Waals surface area contributed by atoms with Crippen LogP contribution in [0, 0.1) is 5.92 Å². The van der Waals surface area contributed by atoms with Gasteiger partial charge in [0, 0.05) is 12.0 Å². The van der Waals surface area contributed by atoms with E-state index in [1.54, 1.807) is 12.1 Å². The summed E-state index contributed by atoms with van der Waals surface area (Å²) in [5.74, 6) is -0.938. The van der Waals surface area contributed by atoms with Crippen molar-refractivity contribution < 1.29 is 24.2 Å². The predicted octanol–water partition coefficient (Wildman–Crippen LogP) is 9.75. The molecule has 5 nitrogen and oxygen atoms in total. The number of fused-ring (bicyclic) bond motifs is 4. The Morgan fingerprint density at radius 2 is 1.19 bits per heavy atom. The average Bonchev–Trinajstić information content (AvgIpc) is 3.49. The van der Waals surface area contributed by atoms with E-state index in [-0.39, 0.29) is 11.3 Å². The number of esters is 2. The first-order chi connectivity index (χ1) is 26.0. The van der Waals surface area contributed by atoms with E-state index in [2.05, 4.69) is 94.1 Å². The summed E-state index contributed by atoms with van der Waals surface area (Å²) in [5, 5.41) is 12.7. The van der Waals surface area contributed by atoms with E-state index in [1.165, 1.54) is 5.56 Å². The van der Waals surface area contributed by atoms with Crippen LogP contribution in [0.15, 0.2) is 152 Å². The molecular weight excluding hydrogens is 669 g/mol. The van der Waals surface area contributed by atoms with Gasteiger partial charge in [0.1, 0.15) is 17.1 Å². The minimum Gasteiger partial charge on any atom is -0.426 e. The van der Waals surface area contributed by atoms with Crippen molar-refractivity contribution in [2.75, 3.05) is 0 Å². The highest BCUT2D eigenvalue weighted by Gasteiger charge is 2.57. The molecule has 0 amide bonds. The summed E-state index contributed by atoms with van der Waals surface area (Å²) < 4.78 is 11.6. The number of hydrogen-bond donors (Lipinski definition) is 1. The van der Waals surface area contributed by atoms with Gasteiger partial charge in [-0.1, -0.05) is 143 Å². The lowest BCUT2D eigenvalue weighted by Crippen LogP contribution is -2.51. The minimum absolute atomic E-state index is 0.0264. The Morgan fingerprint density at radius 3 is 1.76 bits per heavy atom. The quantitative estimate of drug-likeness (QED) is 0.106. The van der Waals surface area contributed by atoms with E-state index < -0.39 is 28.9 Å². The van der Waals surface area contributed by atoms with Crippen LogP contribution in [0.25, 0.3) is 11.1 Å². The van der Waals surface area contributed by atoms with Gasteiger partial charge in [0.15, 0.2) is 0 Å². The summed E-state index contributed by atoms with van der Waals surface area (Å²) in [6, 6.07) is 46.5. The summed E-state index contributed by atoms with van der Waals surface area (Å²) in [6.07, 6.45) is 1.60. The predicted molar refractivity (Wildman–Crippen MR) is 210 cm³/mol. The van der Waals surface area contributed by atoms with Crippen LogP contribution in [0.1, 0.15) is 83.2 Å². The molecule has 266 valence electrons. The molecule has 2 bridgehead atoms. The summed E-state index contributed by atoms with van der Waals surface area (Å²) in [5.41, 5.74) is 9.17. The Morgan fingerprint density at radius 1 is 0.667 bits per heavy atom. The maximum Gasteiger partial charge on any atom is 0.335 e. The van der Waals surface area contributed by atoms with Crippen molar-refractivity contribution >= 4 is 11.9 Å². The molecule has 0 spiro atoms. The number of hydrogen-bond acceptors (Lipinski definition) is 5. The first-order valence-electron chi connectivity index (χ1n) is 18.5. The molecule has 4 aliphatic rings. The van der Waals surface area contributed by atoms with Gasteiger partial charge in [0.25, 0.3) is 0 Å². The molecule has 0 saturated carbocycles. The topological polar surface area (TPSA) is 72.8 Å². The third-order valence-electron chi connectivity index (χ3n) is 11.8. The molecule has 6 aromatic carbocycles. The lowest BCUT2D eigenvalue weighted by atomic mass is 9.56. The third-order valence-corrected chi connectivity index (χ3v) is 11.8. The van der Waals surface area contributed by atoms with Gasteiger partial charge in [-0.2, -0.15) is 0 Å². The molecule has 0 radical (unpaired) electrons. The van der Waals surface area contributed by atoms with Crippen molar-refractivity contribution in [3.63, 3.8) is 0 Å². The molecule has 0 fully saturated rings. The summed E-state index contributed by atoms with van der Waals surface area (Å²) in [6.45, 7) is 10.1. The van der Waals surface area contributed by atoms with E-state index in [4.69, 9.17) is 9.47 Å². The van der Waals surface area contributed by atoms with Crippen LogP contribution in [0.2, 0.25) is 0 Å². The minimum atomic E-state index is -1.51. The third kappa shape index (κ3) is 4.88. The highest BCUT2D eigenvalue weighted by molar-refractivity contribution is 5.87. The van der Waals surface area contributed by atoms with E-state index >= 15 is 0 Å². The van der Waals surface area contributed by atoms with Crippen molar-refractivity contribution in [3.8, 4) is 22.6 Å². The first-order valence-corrected chi connectivity index (χ1v) is 18.5. The summed E-state index contributed by atoms with van der Waals surface area (Å²) >= 11 is 0. The average molecular weight is 709 g/mol. The zero-order valence-corrected chi connectivity index (χ0v) is 30.5. The Kier molecular flexibility index (Phi) is 7.67. The van der Waals surface area contributed by atoms with Crippen LogP contribution >= 0.6 is 0 Å². The zero-order valence-electron chi connectivity index (χ0n) is 30.5. The standard InChI is InChI=1S/C49H40O5/c1-5-45(50)53-33-23-18-30(19-24-33)48(40-15-9-6-12-35(40)36-13-7-10-16-41(36)48)31-20-25-34(26-21-31)54-46(51)44-29-38-37-14-8-11-17-42(37)49(44,52)43-27-22-32(28-39(38)43)47(2,3)4/h5-28,38,44,52H,1,29H2,2-4H3. The van der Waals surface area contributed by atoms with Crippen LogP contribution in [0.5, 0.6) is 11.5 Å². The zero-order chi connectivity index (χ0) is 37.4. The van der Waals surface area contributed by atoms with Crippen molar-refractivity contribution in [2.24, 2.45) is 5.92 Å². The second kappa shape index (κ2) is 12.3. The molecule has 1 N–H and O–H groups in total. The van der Waals surface area contributed by atoms with Gasteiger partial charge >= 0.3 is 11.9 Å². The van der Waals surface area contributed by atoms with Crippen molar-refractivity contribution in [1.82, 2.24) is 0 Å². The van der Waals surface area contributed by atoms with Crippen LogP contribution < -0.4 is 9.47 Å². The van der Waals surface area contributed by atoms with Crippen LogP contribution in [-0.4, -0.2) is 17.0 Å². The van der Waals surface area contributed by atoms with Crippen molar-refractivity contribution in [3.05, 3.63) is 202 Å². The second-order valence-electron chi connectivity index (χ2n) is 15.7. The number of rotatable bonds is 6. The molecule has 3 atom stereocenters. The highest BCUT2D eigenvalue weighted by Crippen LogP contribution is 2.59. The van der Waals surface area contributed by atoms with Crippen LogP contribution in [0.4, 0.5) is 0 Å². The Labute approximate surface area is 315 Å². The molecule has 4 aliphatic carbocycles. The van der Waals surface area contributed by atoms with Crippen molar-refractivity contribution in [1.29, 1.82) is 0 Å². The monoisotopic (exact) mass is 708 g/mol. The number of aliphatic hydroxyl groups is 1. The number of carbonyl (C=O) groups is 2. The maximum atomic E-state index is 14.3. The summed E-state index contributed by atoms with van der Waals surface area (Å²) in [7, 11) is 0. The van der Waals surface area contributed by atoms with Gasteiger partial charge in [-0.25, -0.2) is 4.79 Å². The van der Waals surface area contributed by atoms with Gasteiger partial charge in [0.2, 0.25) is 0 Å². The number of benzene rings is 6. The van der Waals surface area contributed by atoms with Gasteiger partial charge in [-0.05, 0) is 97.3 Å². The van der Waals surface area contributed by atoms with Crippen LogP contribution in [0.3, 0.4) is 0 Å². The SMILES string of the molecule is C=CC(=O)Oc1ccc(C2(c3ccc(OC(=O)C4CC5c6ccccc6C4(O)c4ccc(C(C)(C)C)cc45)cc3)c3ccccc3-c3ccccc32)cc1. The normalized spacial score (nSPS) is 19.9. The molecule has 6 aromatic rings. The number of ether oxygens (including phenoxy) is 2. The molecule has 5 heteroatoms. The van der Waals surface area contributed by atoms with Gasteiger partial charge in [-0.3, -0.25) is 4.79 Å². The largest absolute Gasteiger partial charge is 0.426 e. The lowest BCUT2D eigenvalue weighted by Gasteiger charge is -2.50. The highest BCUT2D eigenvalue weighted by atomic mass is 16.5. The lowest BCUT2D eigenvalue weighted by molar-refractivity contribution is -0.150. The second-order valence-corrected chi connectivity index (χ2v) is 15.7. The van der Waals surface area contributed by atoms with E-state index in [0.717, 1.165) is 61.7 Å². The van der Waals surface area contributed by atoms with Crippen LogP contribution in [-0.2, 0) is 26.0 Å². The molecular formula is C49H40O5.